The van der Waals surface area contributed by atoms with Crippen LogP contribution < -0.4 is 0 Å². The topological polar surface area (TPSA) is 115 Å². The van der Waals surface area contributed by atoms with E-state index in [2.05, 4.69) is 19.1 Å². The smallest absolute Gasteiger partial charge is 0.373 e. The molecule has 0 saturated heterocycles. The number of methoxy groups -OCH3 is 1. The Bertz CT molecular complexity index is 1740. The molecule has 0 bridgehead atoms. The average Bonchev–Trinajstić information content (AvgIpc) is 3.73. The zero-order chi connectivity index (χ0) is 29.0. The maximum Gasteiger partial charge on any atom is 0.373 e. The third-order valence-corrected chi connectivity index (χ3v) is 12.1. The Labute approximate surface area is 249 Å². The van der Waals surface area contributed by atoms with Crippen molar-refractivity contribution in [1.29, 1.82) is 0 Å². The van der Waals surface area contributed by atoms with Crippen LogP contribution in [0.5, 0.6) is 0 Å². The van der Waals surface area contributed by atoms with Crippen LogP contribution in [0.3, 0.4) is 0 Å². The summed E-state index contributed by atoms with van der Waals surface area (Å²) in [6.07, 6.45) is 0.174. The standard InChI is InChI=1S/C27H20O5S5.CO2/c1-13-10-22(17-5-4-16(33-17)14(2)28)36-25(13)19-7-8-20(35-19)26-15(12-24(29)30)11-23(37-26)18-6-9-21(34-18)27(31)32-3;2-1-3/h4-11H,12H2,1-3H3,(H,29,30);. The van der Waals surface area contributed by atoms with Gasteiger partial charge in [0.1, 0.15) is 4.88 Å². The van der Waals surface area contributed by atoms with Gasteiger partial charge in [0.25, 0.3) is 0 Å². The zero-order valence-electron chi connectivity index (χ0n) is 21.3. The predicted molar refractivity (Wildman–Crippen MR) is 160 cm³/mol. The molecule has 5 rings (SSSR count). The van der Waals surface area contributed by atoms with Gasteiger partial charge in [0.05, 0.1) is 18.4 Å². The molecule has 0 aliphatic heterocycles. The molecule has 0 aliphatic carbocycles. The van der Waals surface area contributed by atoms with Gasteiger partial charge in [0, 0.05) is 39.0 Å². The first-order valence-electron chi connectivity index (χ1n) is 11.5. The van der Waals surface area contributed by atoms with Crippen LogP contribution in [-0.4, -0.2) is 36.1 Å². The third kappa shape index (κ3) is 6.44. The van der Waals surface area contributed by atoms with Gasteiger partial charge in [-0.05, 0) is 73.5 Å². The van der Waals surface area contributed by atoms with Crippen molar-refractivity contribution in [1.82, 2.24) is 0 Å². The highest BCUT2D eigenvalue weighted by molar-refractivity contribution is 7.30. The zero-order valence-corrected chi connectivity index (χ0v) is 25.3. The fraction of sp³-hybridized carbons (Fsp3) is 0.143. The first-order valence-corrected chi connectivity index (χ1v) is 15.6. The lowest BCUT2D eigenvalue weighted by molar-refractivity contribution is -0.191. The first-order chi connectivity index (χ1) is 19.1. The van der Waals surface area contributed by atoms with Gasteiger partial charge in [-0.1, -0.05) is 0 Å². The van der Waals surface area contributed by atoms with Crippen LogP contribution >= 0.6 is 56.7 Å². The van der Waals surface area contributed by atoms with Gasteiger partial charge in [-0.2, -0.15) is 9.59 Å². The number of aliphatic carboxylic acids is 1. The summed E-state index contributed by atoms with van der Waals surface area (Å²) in [5.41, 5.74) is 1.92. The molecule has 0 aliphatic rings. The summed E-state index contributed by atoms with van der Waals surface area (Å²) in [5, 5.41) is 9.52. The lowest BCUT2D eigenvalue weighted by atomic mass is 10.1. The maximum absolute atomic E-state index is 11.9. The lowest BCUT2D eigenvalue weighted by Crippen LogP contribution is -1.99. The van der Waals surface area contributed by atoms with Crippen LogP contribution in [-0.2, 0) is 25.5 Å². The number of carbonyl (C=O) groups excluding carboxylic acids is 4. The number of hydrogen-bond acceptors (Lipinski definition) is 11. The molecule has 0 saturated carbocycles. The van der Waals surface area contributed by atoms with Crippen molar-refractivity contribution >= 4 is 80.6 Å². The monoisotopic (exact) mass is 628 g/mol. The van der Waals surface area contributed by atoms with Gasteiger partial charge in [-0.15, -0.1) is 56.7 Å². The molecule has 0 spiro atoms. The molecule has 0 unspecified atom stereocenters. The molecular formula is C28H20O7S5. The number of carboxylic acid groups (broad SMARTS) is 1. The normalized spacial score (nSPS) is 10.5. The summed E-state index contributed by atoms with van der Waals surface area (Å²) in [5.74, 6) is -1.19. The number of hydrogen-bond donors (Lipinski definition) is 1. The molecule has 5 heterocycles. The molecule has 1 N–H and O–H groups in total. The Morgan fingerprint density at radius 3 is 1.85 bits per heavy atom. The predicted octanol–water partition coefficient (Wildman–Crippen LogP) is 8.00. The summed E-state index contributed by atoms with van der Waals surface area (Å²) in [6, 6.07) is 15.7. The first kappa shape index (κ1) is 29.5. The van der Waals surface area contributed by atoms with E-state index in [-0.39, 0.29) is 24.3 Å². The summed E-state index contributed by atoms with van der Waals surface area (Å²) in [4.78, 5) is 61.0. The minimum atomic E-state index is -0.886. The molecule has 12 heteroatoms. The van der Waals surface area contributed by atoms with E-state index >= 15 is 0 Å². The van der Waals surface area contributed by atoms with Crippen LogP contribution in [0.4, 0.5) is 0 Å². The fourth-order valence-corrected chi connectivity index (χ4v) is 9.49. The van der Waals surface area contributed by atoms with Crippen molar-refractivity contribution in [3.63, 3.8) is 0 Å². The van der Waals surface area contributed by atoms with Crippen molar-refractivity contribution in [2.45, 2.75) is 20.3 Å². The highest BCUT2D eigenvalue weighted by Gasteiger charge is 2.20. The Hall–Kier alpha value is -3.51. The number of esters is 1. The Balaban J connectivity index is 0.00000118. The largest absolute Gasteiger partial charge is 0.481 e. The number of ketones is 1. The van der Waals surface area contributed by atoms with Gasteiger partial charge in [0.2, 0.25) is 0 Å². The van der Waals surface area contributed by atoms with Crippen molar-refractivity contribution < 1.29 is 33.8 Å². The molecule has 0 aromatic carbocycles. The van der Waals surface area contributed by atoms with E-state index in [1.54, 1.807) is 35.7 Å². The van der Waals surface area contributed by atoms with Crippen LogP contribution in [0.25, 0.3) is 39.0 Å². The molecule has 0 amide bonds. The number of ether oxygens (including phenoxy) is 1. The van der Waals surface area contributed by atoms with E-state index in [9.17, 15) is 19.5 Å². The molecule has 7 nitrogen and oxygen atoms in total. The molecule has 0 radical (unpaired) electrons. The van der Waals surface area contributed by atoms with Crippen molar-refractivity contribution in [3.05, 3.63) is 69.4 Å². The summed E-state index contributed by atoms with van der Waals surface area (Å²) < 4.78 is 4.82. The van der Waals surface area contributed by atoms with Crippen molar-refractivity contribution in [3.8, 4) is 39.0 Å². The van der Waals surface area contributed by atoms with Gasteiger partial charge < -0.3 is 9.84 Å². The SMILES string of the molecule is COC(=O)c1ccc(-c2cc(CC(=O)O)c(-c3ccc(-c4sc(-c5ccc(C(C)=O)s5)cc4C)s3)s2)s1.O=C=O. The van der Waals surface area contributed by atoms with E-state index in [4.69, 9.17) is 14.3 Å². The molecule has 5 aromatic rings. The van der Waals surface area contributed by atoms with Gasteiger partial charge >= 0.3 is 18.1 Å². The Morgan fingerprint density at radius 1 is 0.750 bits per heavy atom. The molecule has 5 aromatic heterocycles. The second kappa shape index (κ2) is 12.8. The van der Waals surface area contributed by atoms with E-state index in [1.165, 1.54) is 46.0 Å². The molecule has 204 valence electrons. The summed E-state index contributed by atoms with van der Waals surface area (Å²) in [6.45, 7) is 3.67. The third-order valence-electron chi connectivity index (χ3n) is 5.55. The van der Waals surface area contributed by atoms with Crippen LogP contribution in [0.1, 0.15) is 37.4 Å². The Kier molecular flexibility index (Phi) is 9.41. The molecular weight excluding hydrogens is 609 g/mol. The van der Waals surface area contributed by atoms with Crippen molar-refractivity contribution in [2.24, 2.45) is 0 Å². The number of Topliss-reactive ketones (excluding diaryl/α,β-unsaturated/α-hetero) is 1. The average molecular weight is 629 g/mol. The molecule has 0 atom stereocenters. The Morgan fingerprint density at radius 2 is 1.27 bits per heavy atom. The van der Waals surface area contributed by atoms with Gasteiger partial charge in [-0.25, -0.2) is 4.79 Å². The number of aryl methyl sites for hydroxylation is 1. The van der Waals surface area contributed by atoms with Crippen LogP contribution in [0.15, 0.2) is 48.5 Å². The summed E-state index contributed by atoms with van der Waals surface area (Å²) >= 11 is 7.73. The number of carboxylic acids is 1. The number of rotatable bonds is 8. The van der Waals surface area contributed by atoms with E-state index in [0.29, 0.717) is 4.88 Å². The lowest BCUT2D eigenvalue weighted by Gasteiger charge is -1.98. The van der Waals surface area contributed by atoms with E-state index in [0.717, 1.165) is 50.1 Å². The summed E-state index contributed by atoms with van der Waals surface area (Å²) in [7, 11) is 1.35. The minimum absolute atomic E-state index is 0.0733. The van der Waals surface area contributed by atoms with Gasteiger partial charge in [0.15, 0.2) is 5.78 Å². The number of thiophene rings is 5. The quantitative estimate of drug-likeness (QED) is 0.137. The highest BCUT2D eigenvalue weighted by atomic mass is 32.1. The minimum Gasteiger partial charge on any atom is -0.481 e. The van der Waals surface area contributed by atoms with Crippen molar-refractivity contribution in [2.75, 3.05) is 7.11 Å². The maximum atomic E-state index is 11.9. The van der Waals surface area contributed by atoms with Crippen LogP contribution in [0, 0.1) is 6.92 Å². The molecule has 40 heavy (non-hydrogen) atoms. The van der Waals surface area contributed by atoms with E-state index < -0.39 is 5.97 Å². The fourth-order valence-electron chi connectivity index (χ4n) is 3.82. The van der Waals surface area contributed by atoms with Gasteiger partial charge in [-0.3, -0.25) is 9.59 Å². The number of carbonyl (C=O) groups is 3. The molecule has 0 fully saturated rings. The van der Waals surface area contributed by atoms with Crippen LogP contribution in [0.2, 0.25) is 0 Å². The second-order valence-corrected chi connectivity index (χ2v) is 13.6. The highest BCUT2D eigenvalue weighted by Crippen LogP contribution is 2.47. The second-order valence-electron chi connectivity index (χ2n) is 8.28. The van der Waals surface area contributed by atoms with E-state index in [1.807, 2.05) is 30.3 Å².